The average molecular weight is 535 g/mol. The number of fused-ring (bicyclic) bond motifs is 7. The Kier molecular flexibility index (Phi) is 8.58. The zero-order valence-electron chi connectivity index (χ0n) is 21.8. The highest BCUT2D eigenvalue weighted by molar-refractivity contribution is 5.75. The number of ether oxygens (including phenoxy) is 2. The number of aromatic nitrogens is 4. The maximum Gasteiger partial charge on any atom is 0.389 e. The molecule has 0 fully saturated rings. The molecule has 1 aliphatic rings. The molecule has 0 radical (unpaired) electrons. The second-order valence-electron chi connectivity index (χ2n) is 9.35. The fourth-order valence-electron chi connectivity index (χ4n) is 4.66. The molecule has 38 heavy (non-hydrogen) atoms. The van der Waals surface area contributed by atoms with E-state index in [0.717, 1.165) is 6.42 Å². The molecule has 0 saturated carbocycles. The summed E-state index contributed by atoms with van der Waals surface area (Å²) in [5, 5.41) is 7.16. The van der Waals surface area contributed by atoms with Crippen LogP contribution in [0.1, 0.15) is 64.1 Å². The first-order valence-electron chi connectivity index (χ1n) is 12.9. The molecule has 12 heteroatoms. The third kappa shape index (κ3) is 6.46. The fraction of sp³-hybridized carbons (Fsp3) is 0.538. The molecule has 4 heterocycles. The highest BCUT2D eigenvalue weighted by atomic mass is 19.4. The topological polar surface area (TPSA) is 93.9 Å². The summed E-state index contributed by atoms with van der Waals surface area (Å²) in [5.41, 5.74) is 2.46. The molecule has 2 atom stereocenters. The van der Waals surface area contributed by atoms with Crippen molar-refractivity contribution in [1.29, 1.82) is 0 Å². The number of amides is 2. The SMILES string of the molecule is CCN1C(=O)N[C@@H](CCC(F)(F)F)CCCCCOc2cc(nc3ccnn23)-c2cc(ncc2OC)[C@H]1C. The molecule has 0 aromatic carbocycles. The third-order valence-corrected chi connectivity index (χ3v) is 6.76. The van der Waals surface area contributed by atoms with Crippen molar-refractivity contribution in [3.8, 4) is 22.9 Å². The van der Waals surface area contributed by atoms with Gasteiger partial charge in [-0.15, -0.1) is 0 Å². The number of carbonyl (C=O) groups excluding carboxylic acids is 1. The van der Waals surface area contributed by atoms with E-state index in [0.29, 0.717) is 66.6 Å². The smallest absolute Gasteiger partial charge is 0.389 e. The van der Waals surface area contributed by atoms with E-state index in [1.54, 1.807) is 41.1 Å². The first-order chi connectivity index (χ1) is 18.2. The van der Waals surface area contributed by atoms with Crippen molar-refractivity contribution < 1.29 is 27.4 Å². The van der Waals surface area contributed by atoms with Crippen molar-refractivity contribution in [3.05, 3.63) is 36.3 Å². The van der Waals surface area contributed by atoms with Crippen molar-refractivity contribution in [2.24, 2.45) is 0 Å². The summed E-state index contributed by atoms with van der Waals surface area (Å²) in [7, 11) is 1.54. The van der Waals surface area contributed by atoms with Crippen LogP contribution in [0.15, 0.2) is 30.6 Å². The lowest BCUT2D eigenvalue weighted by molar-refractivity contribution is -0.136. The maximum atomic E-state index is 13.3. The number of methoxy groups -OCH3 is 1. The zero-order valence-corrected chi connectivity index (χ0v) is 21.8. The van der Waals surface area contributed by atoms with Gasteiger partial charge < -0.3 is 19.7 Å². The maximum absolute atomic E-state index is 13.3. The van der Waals surface area contributed by atoms with Gasteiger partial charge >= 0.3 is 12.2 Å². The van der Waals surface area contributed by atoms with E-state index in [9.17, 15) is 18.0 Å². The van der Waals surface area contributed by atoms with E-state index in [2.05, 4.69) is 15.4 Å². The number of nitrogens with one attached hydrogen (secondary N) is 1. The molecular formula is C26H33F3N6O3. The average Bonchev–Trinajstić information content (AvgIpc) is 3.37. The summed E-state index contributed by atoms with van der Waals surface area (Å²) in [6, 6.07) is 3.92. The fourth-order valence-corrected chi connectivity index (χ4v) is 4.66. The molecule has 1 N–H and O–H groups in total. The quantitative estimate of drug-likeness (QED) is 0.471. The first-order valence-corrected chi connectivity index (χ1v) is 12.9. The molecule has 2 amide bonds. The van der Waals surface area contributed by atoms with Gasteiger partial charge in [0, 0.05) is 36.7 Å². The number of rotatable bonds is 4. The second kappa shape index (κ2) is 11.9. The van der Waals surface area contributed by atoms with E-state index >= 15 is 0 Å². The molecular weight excluding hydrogens is 501 g/mol. The summed E-state index contributed by atoms with van der Waals surface area (Å²) >= 11 is 0. The number of alkyl halides is 3. The summed E-state index contributed by atoms with van der Waals surface area (Å²) < 4.78 is 52.1. The Morgan fingerprint density at radius 2 is 2.05 bits per heavy atom. The van der Waals surface area contributed by atoms with Crippen molar-refractivity contribution in [2.45, 2.75) is 70.6 Å². The highest BCUT2D eigenvalue weighted by Gasteiger charge is 2.30. The lowest BCUT2D eigenvalue weighted by Gasteiger charge is -2.30. The third-order valence-electron chi connectivity index (χ3n) is 6.76. The second-order valence-corrected chi connectivity index (χ2v) is 9.35. The number of halogens is 3. The van der Waals surface area contributed by atoms with Gasteiger partial charge in [0.15, 0.2) is 5.65 Å². The van der Waals surface area contributed by atoms with Crippen molar-refractivity contribution in [1.82, 2.24) is 29.8 Å². The number of hydrogen-bond acceptors (Lipinski definition) is 6. The molecule has 9 nitrogen and oxygen atoms in total. The van der Waals surface area contributed by atoms with E-state index in [1.807, 2.05) is 19.9 Å². The summed E-state index contributed by atoms with van der Waals surface area (Å²) in [5.74, 6) is 1.02. The zero-order chi connectivity index (χ0) is 27.3. The van der Waals surface area contributed by atoms with Gasteiger partial charge in [-0.3, -0.25) is 4.98 Å². The molecule has 0 spiro atoms. The van der Waals surface area contributed by atoms with Gasteiger partial charge in [-0.05, 0) is 45.6 Å². The number of pyridine rings is 1. The van der Waals surface area contributed by atoms with Crippen molar-refractivity contribution >= 4 is 11.7 Å². The molecule has 0 saturated heterocycles. The number of carbonyl (C=O) groups is 1. The Balaban J connectivity index is 1.72. The Morgan fingerprint density at radius 3 is 2.79 bits per heavy atom. The van der Waals surface area contributed by atoms with Gasteiger partial charge in [-0.2, -0.15) is 22.8 Å². The van der Waals surface area contributed by atoms with Crippen molar-refractivity contribution in [2.75, 3.05) is 20.3 Å². The molecule has 206 valence electrons. The molecule has 4 bridgehead atoms. The van der Waals surface area contributed by atoms with Crippen LogP contribution < -0.4 is 14.8 Å². The van der Waals surface area contributed by atoms with Crippen LogP contribution in [0.4, 0.5) is 18.0 Å². The summed E-state index contributed by atoms with van der Waals surface area (Å²) in [6.45, 7) is 4.41. The van der Waals surface area contributed by atoms with Crippen LogP contribution in [0.2, 0.25) is 0 Å². The Morgan fingerprint density at radius 1 is 1.24 bits per heavy atom. The Bertz CT molecular complexity index is 1250. The van der Waals surface area contributed by atoms with Crippen LogP contribution in [0.5, 0.6) is 11.6 Å². The van der Waals surface area contributed by atoms with Crippen LogP contribution in [-0.4, -0.2) is 63.0 Å². The standard InChI is InChI=1S/C26H33F3N6O3/c1-4-34-17(2)20-14-19(22(37-3)16-30-20)21-15-24(35-23(33-21)10-12-31-35)38-13-7-5-6-8-18(32-25(34)36)9-11-26(27,28)29/h10,12,14-18H,4-9,11,13H2,1-3H3,(H,32,36)/t17-,18-/m1/s1. The molecule has 3 aromatic heterocycles. The highest BCUT2D eigenvalue weighted by Crippen LogP contribution is 2.34. The lowest BCUT2D eigenvalue weighted by atomic mass is 10.0. The van der Waals surface area contributed by atoms with Crippen LogP contribution >= 0.6 is 0 Å². The lowest BCUT2D eigenvalue weighted by Crippen LogP contribution is -2.46. The largest absolute Gasteiger partial charge is 0.494 e. The van der Waals surface area contributed by atoms with Gasteiger partial charge in [0.05, 0.1) is 43.5 Å². The van der Waals surface area contributed by atoms with Crippen LogP contribution in [-0.2, 0) is 0 Å². The minimum atomic E-state index is -4.28. The predicted molar refractivity (Wildman–Crippen MR) is 135 cm³/mol. The van der Waals surface area contributed by atoms with Crippen molar-refractivity contribution in [3.63, 3.8) is 0 Å². The summed E-state index contributed by atoms with van der Waals surface area (Å²) in [4.78, 5) is 24.1. The molecule has 1 aliphatic heterocycles. The Labute approximate surface area is 219 Å². The van der Waals surface area contributed by atoms with Gasteiger partial charge in [-0.1, -0.05) is 6.42 Å². The Hall–Kier alpha value is -3.57. The van der Waals surface area contributed by atoms with Gasteiger partial charge in [0.25, 0.3) is 0 Å². The monoisotopic (exact) mass is 534 g/mol. The van der Waals surface area contributed by atoms with Crippen LogP contribution in [0.3, 0.4) is 0 Å². The molecule has 0 unspecified atom stereocenters. The van der Waals surface area contributed by atoms with Crippen LogP contribution in [0.25, 0.3) is 16.9 Å². The number of hydrogen-bond donors (Lipinski definition) is 1. The number of nitrogens with zero attached hydrogens (tertiary/aromatic N) is 5. The minimum Gasteiger partial charge on any atom is -0.494 e. The van der Waals surface area contributed by atoms with Crippen LogP contribution in [0, 0.1) is 0 Å². The first kappa shape index (κ1) is 27.5. The normalized spacial score (nSPS) is 19.5. The summed E-state index contributed by atoms with van der Waals surface area (Å²) in [6.07, 6.45) is 0.357. The number of urea groups is 1. The predicted octanol–water partition coefficient (Wildman–Crippen LogP) is 5.56. The molecule has 4 rings (SSSR count). The van der Waals surface area contributed by atoms with Gasteiger partial charge in [0.1, 0.15) is 5.75 Å². The van der Waals surface area contributed by atoms with Gasteiger partial charge in [0.2, 0.25) is 5.88 Å². The van der Waals surface area contributed by atoms with E-state index in [1.165, 1.54) is 0 Å². The van der Waals surface area contributed by atoms with E-state index < -0.39 is 30.7 Å². The van der Waals surface area contributed by atoms with Gasteiger partial charge in [-0.25, -0.2) is 9.78 Å². The minimum absolute atomic E-state index is 0.169. The van der Waals surface area contributed by atoms with E-state index in [4.69, 9.17) is 14.5 Å². The molecule has 3 aromatic rings. The molecule has 0 aliphatic carbocycles. The van der Waals surface area contributed by atoms with E-state index in [-0.39, 0.29) is 6.42 Å².